The molecule has 0 amide bonds. The Hall–Kier alpha value is -3.87. The van der Waals surface area contributed by atoms with Gasteiger partial charge in [0.25, 0.3) is 0 Å². The zero-order chi connectivity index (χ0) is 32.8. The number of nitrogen functional groups attached to an aromatic ring is 1. The fourth-order valence-corrected chi connectivity index (χ4v) is 6.22. The van der Waals surface area contributed by atoms with Gasteiger partial charge in [-0.15, -0.1) is 0 Å². The first-order valence-corrected chi connectivity index (χ1v) is 13.6. The number of aromatic nitrogens is 2. The third-order valence-corrected chi connectivity index (χ3v) is 8.31. The summed E-state index contributed by atoms with van der Waals surface area (Å²) in [5, 5.41) is 19.8. The number of allylic oxidation sites excluding steroid dienone is 1. The normalized spacial score (nSPS) is 13.3. The summed E-state index contributed by atoms with van der Waals surface area (Å²) in [4.78, 5) is 1.20. The van der Waals surface area contributed by atoms with E-state index in [-0.39, 0.29) is 0 Å². The van der Waals surface area contributed by atoms with E-state index in [9.17, 15) is 45.3 Å². The van der Waals surface area contributed by atoms with Crippen molar-refractivity contribution in [2.24, 2.45) is 16.5 Å². The second-order valence-corrected chi connectivity index (χ2v) is 11.5. The number of halogens is 10. The summed E-state index contributed by atoms with van der Waals surface area (Å²) in [6, 6.07) is 4.42. The van der Waals surface area contributed by atoms with Crippen LogP contribution in [0, 0.1) is 22.7 Å². The number of nitrogens with zero attached hydrogens (tertiary/aromatic N) is 5. The van der Waals surface area contributed by atoms with Crippen molar-refractivity contribution in [3.8, 4) is 17.8 Å². The van der Waals surface area contributed by atoms with Crippen molar-refractivity contribution in [1.82, 2.24) is 9.78 Å². The predicted molar refractivity (Wildman–Crippen MR) is 144 cm³/mol. The lowest BCUT2D eigenvalue weighted by molar-refractivity contribution is -0.138. The van der Waals surface area contributed by atoms with Crippen LogP contribution in [0.5, 0.6) is 0 Å². The van der Waals surface area contributed by atoms with Crippen molar-refractivity contribution in [3.05, 3.63) is 71.8 Å². The number of aliphatic imine (C=N–C) groups is 1. The molecule has 0 aliphatic rings. The molecule has 0 radical (unpaired) electrons. The molecule has 0 aliphatic carbocycles. The topological polar surface area (TPSA) is 190 Å². The van der Waals surface area contributed by atoms with E-state index in [4.69, 9.17) is 63.6 Å². The number of amidine groups is 1. The van der Waals surface area contributed by atoms with Crippen LogP contribution in [-0.4, -0.2) is 24.0 Å². The van der Waals surface area contributed by atoms with Crippen LogP contribution in [0.1, 0.15) is 16.8 Å². The summed E-state index contributed by atoms with van der Waals surface area (Å²) in [6.45, 7) is 0. The molecule has 1 heterocycles. The molecular formula is C22H10Cl4F6N8O2S. The maximum Gasteiger partial charge on any atom is 0.416 e. The molecule has 3 aromatic rings. The van der Waals surface area contributed by atoms with Gasteiger partial charge in [0, 0.05) is 0 Å². The summed E-state index contributed by atoms with van der Waals surface area (Å²) < 4.78 is 107. The summed E-state index contributed by atoms with van der Waals surface area (Å²) in [5.41, 5.74) is 11.5. The molecule has 10 nitrogen and oxygen atoms in total. The quantitative estimate of drug-likeness (QED) is 0.122. The highest BCUT2D eigenvalue weighted by Gasteiger charge is 2.38. The van der Waals surface area contributed by atoms with Gasteiger partial charge in [-0.1, -0.05) is 46.4 Å². The maximum absolute atomic E-state index is 13.8. The minimum absolute atomic E-state index is 0.415. The van der Waals surface area contributed by atoms with E-state index in [2.05, 4.69) is 10.1 Å². The molecule has 43 heavy (non-hydrogen) atoms. The molecule has 0 atom stereocenters. The van der Waals surface area contributed by atoms with Crippen LogP contribution < -0.4 is 17.2 Å². The van der Waals surface area contributed by atoms with E-state index < -0.39 is 97.6 Å². The first-order chi connectivity index (χ1) is 19.7. The van der Waals surface area contributed by atoms with Gasteiger partial charge in [-0.3, -0.25) is 0 Å². The zero-order valence-electron chi connectivity index (χ0n) is 20.3. The van der Waals surface area contributed by atoms with E-state index >= 15 is 0 Å². The summed E-state index contributed by atoms with van der Waals surface area (Å²) in [5.74, 6) is -2.08. The van der Waals surface area contributed by atoms with Crippen molar-refractivity contribution in [2.45, 2.75) is 17.2 Å². The number of benzene rings is 2. The fourth-order valence-electron chi connectivity index (χ4n) is 3.44. The van der Waals surface area contributed by atoms with Gasteiger partial charge in [0.1, 0.15) is 45.8 Å². The van der Waals surface area contributed by atoms with Gasteiger partial charge in [-0.25, -0.2) is 18.1 Å². The maximum atomic E-state index is 13.8. The lowest BCUT2D eigenvalue weighted by atomic mass is 10.2. The van der Waals surface area contributed by atoms with Gasteiger partial charge in [0.05, 0.1) is 31.2 Å². The Bertz CT molecular complexity index is 1880. The highest BCUT2D eigenvalue weighted by atomic mass is 35.5. The molecular weight excluding hydrogens is 696 g/mol. The Kier molecular flexibility index (Phi) is 9.12. The van der Waals surface area contributed by atoms with E-state index in [0.717, 1.165) is 0 Å². The van der Waals surface area contributed by atoms with Crippen LogP contribution >= 0.6 is 46.4 Å². The molecule has 226 valence electrons. The molecule has 21 heteroatoms. The molecule has 0 fully saturated rings. The lowest BCUT2D eigenvalue weighted by Gasteiger charge is -2.14. The van der Waals surface area contributed by atoms with E-state index in [1.165, 1.54) is 12.1 Å². The highest BCUT2D eigenvalue weighted by Crippen LogP contribution is 2.42. The number of hydrogen-bond donors (Lipinski definition) is 3. The van der Waals surface area contributed by atoms with Crippen molar-refractivity contribution >= 4 is 73.6 Å². The molecule has 0 aliphatic heterocycles. The Labute approximate surface area is 257 Å². The predicted octanol–water partition coefficient (Wildman–Crippen LogP) is 6.13. The van der Waals surface area contributed by atoms with Gasteiger partial charge in [-0.05, 0) is 24.3 Å². The number of sulfone groups is 1. The van der Waals surface area contributed by atoms with E-state index in [0.29, 0.717) is 28.9 Å². The summed E-state index contributed by atoms with van der Waals surface area (Å²) in [7, 11) is -5.29. The van der Waals surface area contributed by atoms with Gasteiger partial charge in [0.2, 0.25) is 9.84 Å². The first-order valence-electron chi connectivity index (χ1n) is 10.6. The van der Waals surface area contributed by atoms with Crippen molar-refractivity contribution < 1.29 is 34.8 Å². The standard InChI is InChI=1S/C22H10Cl4F6N8O2S/c23-9-1-7(21(27,28)29)2-10(24)15(9)38-19(36)17(13(35)5-33)43(41,42)18-14(6-34)39-40(20(18)37)16-11(25)3-8(4-12(16)26)22(30,31)32/h1-4H,35,37H2,(H2,36,38). The van der Waals surface area contributed by atoms with Crippen LogP contribution in [-0.2, 0) is 22.2 Å². The Morgan fingerprint density at radius 2 is 1.33 bits per heavy atom. The largest absolute Gasteiger partial charge is 0.416 e. The van der Waals surface area contributed by atoms with Gasteiger partial charge in [0.15, 0.2) is 10.6 Å². The SMILES string of the molecule is N#CC(N)=C(C(N)=Nc1c(Cl)cc(C(F)(F)F)cc1Cl)S(=O)(=O)c1c(C#N)nn(-c2c(Cl)cc(C(F)(F)F)cc2Cl)c1N. The number of nitrogens with two attached hydrogens (primary N) is 3. The first kappa shape index (κ1) is 33.6. The van der Waals surface area contributed by atoms with Crippen molar-refractivity contribution in [3.63, 3.8) is 0 Å². The van der Waals surface area contributed by atoms with E-state index in [1.54, 1.807) is 0 Å². The second-order valence-electron chi connectivity index (χ2n) is 8.01. The molecule has 3 rings (SSSR count). The molecule has 2 aromatic carbocycles. The number of hydrogen-bond acceptors (Lipinski definition) is 8. The Morgan fingerprint density at radius 3 is 1.72 bits per heavy atom. The fraction of sp³-hybridized carbons (Fsp3) is 0.0909. The average Bonchev–Trinajstić information content (AvgIpc) is 3.20. The third-order valence-electron chi connectivity index (χ3n) is 5.25. The molecule has 0 bridgehead atoms. The van der Waals surface area contributed by atoms with Crippen LogP contribution in [0.4, 0.5) is 37.8 Å². The number of anilines is 1. The lowest BCUT2D eigenvalue weighted by Crippen LogP contribution is -2.26. The minimum Gasteiger partial charge on any atom is -0.389 e. The van der Waals surface area contributed by atoms with Crippen LogP contribution in [0.2, 0.25) is 20.1 Å². The molecule has 0 unspecified atom stereocenters. The van der Waals surface area contributed by atoms with E-state index in [1.807, 2.05) is 0 Å². The minimum atomic E-state index is -5.29. The number of alkyl halides is 6. The monoisotopic (exact) mass is 704 g/mol. The average molecular weight is 706 g/mol. The molecule has 0 saturated heterocycles. The third kappa shape index (κ3) is 6.41. The molecule has 1 aromatic heterocycles. The Balaban J connectivity index is 2.30. The van der Waals surface area contributed by atoms with Crippen LogP contribution in [0.15, 0.2) is 44.8 Å². The highest BCUT2D eigenvalue weighted by molar-refractivity contribution is 7.96. The van der Waals surface area contributed by atoms with Crippen molar-refractivity contribution in [2.75, 3.05) is 5.73 Å². The smallest absolute Gasteiger partial charge is 0.389 e. The zero-order valence-corrected chi connectivity index (χ0v) is 24.1. The van der Waals surface area contributed by atoms with Crippen molar-refractivity contribution in [1.29, 1.82) is 10.5 Å². The molecule has 0 spiro atoms. The van der Waals surface area contributed by atoms with Crippen LogP contribution in [0.25, 0.3) is 5.69 Å². The molecule has 6 N–H and O–H groups in total. The van der Waals surface area contributed by atoms with Gasteiger partial charge < -0.3 is 17.2 Å². The number of nitriles is 2. The Morgan fingerprint density at radius 1 is 0.884 bits per heavy atom. The van der Waals surface area contributed by atoms with Gasteiger partial charge >= 0.3 is 12.4 Å². The summed E-state index contributed by atoms with van der Waals surface area (Å²) >= 11 is 23.7. The number of rotatable bonds is 5. The molecule has 0 saturated carbocycles. The second kappa shape index (κ2) is 11.7. The van der Waals surface area contributed by atoms with Gasteiger partial charge in [-0.2, -0.15) is 42.0 Å². The van der Waals surface area contributed by atoms with Crippen LogP contribution in [0.3, 0.4) is 0 Å². The summed E-state index contributed by atoms with van der Waals surface area (Å²) in [6.07, 6.45) is -9.75.